The molecule has 9 nitrogen and oxygen atoms in total. The van der Waals surface area contributed by atoms with Crippen LogP contribution >= 0.6 is 11.6 Å². The number of benzene rings is 2. The molecule has 0 atom stereocenters. The van der Waals surface area contributed by atoms with Gasteiger partial charge in [0.15, 0.2) is 0 Å². The normalized spacial score (nSPS) is 11.1. The van der Waals surface area contributed by atoms with Gasteiger partial charge in [-0.05, 0) is 30.3 Å². The molecule has 1 aromatic heterocycles. The molecule has 0 fully saturated rings. The monoisotopic (exact) mass is 420 g/mol. The van der Waals surface area contributed by atoms with Crippen molar-refractivity contribution in [2.45, 2.75) is 4.90 Å². The molecule has 0 aliphatic carbocycles. The number of carboxylic acids is 1. The quantitative estimate of drug-likeness (QED) is 0.517. The van der Waals surface area contributed by atoms with Crippen LogP contribution < -0.4 is 11.2 Å². The summed E-state index contributed by atoms with van der Waals surface area (Å²) in [5, 5.41) is 18.7. The second-order valence-electron chi connectivity index (χ2n) is 5.18. The molecule has 0 saturated carbocycles. The molecule has 3 aromatic rings. The first-order chi connectivity index (χ1) is 12.1. The number of nitrogens with zero attached hydrogens (tertiary/aromatic N) is 1. The Bertz CT molecular complexity index is 1300. The molecule has 0 spiro atoms. The van der Waals surface area contributed by atoms with Gasteiger partial charge in [0, 0.05) is 11.1 Å². The second kappa shape index (κ2) is 7.49. The van der Waals surface area contributed by atoms with Crippen LogP contribution in [0.5, 0.6) is 5.75 Å². The Morgan fingerprint density at radius 1 is 1.11 bits per heavy atom. The Labute approximate surface area is 178 Å². The van der Waals surface area contributed by atoms with E-state index in [2.05, 4.69) is 4.98 Å². The molecule has 0 radical (unpaired) electrons. The summed E-state index contributed by atoms with van der Waals surface area (Å²) >= 11 is 5.78. The van der Waals surface area contributed by atoms with E-state index in [0.717, 1.165) is 12.1 Å². The third kappa shape index (κ3) is 3.66. The van der Waals surface area contributed by atoms with E-state index in [1.807, 2.05) is 0 Å². The second-order valence-corrected chi connectivity index (χ2v) is 7.40. The number of aromatic carboxylic acids is 1. The van der Waals surface area contributed by atoms with Gasteiger partial charge in [0.25, 0.3) is 15.6 Å². The Morgan fingerprint density at radius 2 is 1.78 bits per heavy atom. The van der Waals surface area contributed by atoms with Crippen LogP contribution in [0.1, 0.15) is 10.4 Å². The van der Waals surface area contributed by atoms with Gasteiger partial charge in [0.1, 0.15) is 11.3 Å². The molecule has 0 aliphatic heterocycles. The fourth-order valence-corrected chi connectivity index (χ4v) is 3.81. The van der Waals surface area contributed by atoms with Gasteiger partial charge in [-0.1, -0.05) is 11.6 Å². The van der Waals surface area contributed by atoms with E-state index in [0.29, 0.717) is 6.07 Å². The topological polar surface area (TPSA) is 147 Å². The van der Waals surface area contributed by atoms with E-state index < -0.39 is 43.5 Å². The fourth-order valence-electron chi connectivity index (χ4n) is 2.35. The van der Waals surface area contributed by atoms with Crippen LogP contribution in [0, 0.1) is 0 Å². The molecule has 12 heteroatoms. The van der Waals surface area contributed by atoms with Gasteiger partial charge >= 0.3 is 41.2 Å². The number of hydrogen-bond acceptors (Lipinski definition) is 6. The number of fused-ring (bicyclic) bond motifs is 1. The van der Waals surface area contributed by atoms with Gasteiger partial charge in [-0.25, -0.2) is 18.0 Å². The zero-order valence-electron chi connectivity index (χ0n) is 12.6. The number of H-pyrrole nitrogens is 1. The number of aromatic hydroxyl groups is 1. The van der Waals surface area contributed by atoms with Crippen molar-refractivity contribution in [2.75, 3.05) is 0 Å². The van der Waals surface area contributed by atoms with Crippen molar-refractivity contribution in [1.82, 2.24) is 8.96 Å². The van der Waals surface area contributed by atoms with E-state index in [4.69, 9.17) is 16.7 Å². The maximum atomic E-state index is 12.7. The third-order valence-corrected chi connectivity index (χ3v) is 5.46. The van der Waals surface area contributed by atoms with E-state index in [1.165, 1.54) is 18.2 Å². The number of hydrogen-bond donors (Lipinski definition) is 3. The van der Waals surface area contributed by atoms with Gasteiger partial charge in [-0.3, -0.25) is 4.79 Å². The molecule has 1 heterocycles. The predicted molar refractivity (Wildman–Crippen MR) is 98.6 cm³/mol. The van der Waals surface area contributed by atoms with Crippen molar-refractivity contribution in [1.29, 1.82) is 0 Å². The standard InChI is InChI=1S/C15H9ClN2O7S.Na.H/c16-7-1-3-9-11(5-7)17-15(23)18(13(9)20)26(24,25)8-2-4-10(14(21)22)12(19)6-8;;/h1-6,19H,(H,17,23)(H,21,22);;. The van der Waals surface area contributed by atoms with Crippen molar-refractivity contribution in [3.8, 4) is 5.75 Å². The minimum atomic E-state index is -4.69. The molecule has 136 valence electrons. The summed E-state index contributed by atoms with van der Waals surface area (Å²) in [6.45, 7) is 0. The van der Waals surface area contributed by atoms with Crippen molar-refractivity contribution < 1.29 is 23.4 Å². The summed E-state index contributed by atoms with van der Waals surface area (Å²) in [5.41, 5.74) is -2.81. The number of aromatic amines is 1. The van der Waals surface area contributed by atoms with Crippen LogP contribution in [0.15, 0.2) is 50.9 Å². The minimum absolute atomic E-state index is 0. The molecular weight excluding hydrogens is 411 g/mol. The van der Waals surface area contributed by atoms with E-state index in [9.17, 15) is 27.9 Å². The molecule has 2 aromatic carbocycles. The van der Waals surface area contributed by atoms with Crippen molar-refractivity contribution in [3.63, 3.8) is 0 Å². The number of carbonyl (C=O) groups is 1. The first-order valence-electron chi connectivity index (χ1n) is 6.89. The summed E-state index contributed by atoms with van der Waals surface area (Å²) < 4.78 is 25.4. The first kappa shape index (κ1) is 21.2. The third-order valence-electron chi connectivity index (χ3n) is 3.56. The van der Waals surface area contributed by atoms with E-state index >= 15 is 0 Å². The maximum absolute atomic E-state index is 12.7. The van der Waals surface area contributed by atoms with Gasteiger partial charge in [-0.15, -0.1) is 3.97 Å². The molecule has 0 saturated heterocycles. The predicted octanol–water partition coefficient (Wildman–Crippen LogP) is 0.335. The van der Waals surface area contributed by atoms with Gasteiger partial charge in [0.2, 0.25) is 0 Å². The number of rotatable bonds is 3. The van der Waals surface area contributed by atoms with Crippen LogP contribution in [0.25, 0.3) is 10.9 Å². The number of nitrogens with one attached hydrogen (secondary N) is 1. The summed E-state index contributed by atoms with van der Waals surface area (Å²) in [5.74, 6) is -2.29. The first-order valence-corrected chi connectivity index (χ1v) is 8.71. The molecule has 3 N–H and O–H groups in total. The Morgan fingerprint density at radius 3 is 2.37 bits per heavy atom. The Hall–Kier alpha value is -2.11. The zero-order chi connectivity index (χ0) is 19.2. The Kier molecular flexibility index (Phi) is 5.88. The number of aromatic nitrogens is 2. The fraction of sp³-hybridized carbons (Fsp3) is 0. The molecule has 0 bridgehead atoms. The zero-order valence-corrected chi connectivity index (χ0v) is 14.2. The summed E-state index contributed by atoms with van der Waals surface area (Å²) in [6, 6.07) is 6.28. The van der Waals surface area contributed by atoms with Crippen LogP contribution in [-0.2, 0) is 10.0 Å². The van der Waals surface area contributed by atoms with Crippen LogP contribution in [0.4, 0.5) is 0 Å². The summed E-state index contributed by atoms with van der Waals surface area (Å²) in [4.78, 5) is 37.2. The van der Waals surface area contributed by atoms with Crippen LogP contribution in [0.3, 0.4) is 0 Å². The van der Waals surface area contributed by atoms with Crippen molar-refractivity contribution in [2.24, 2.45) is 0 Å². The van der Waals surface area contributed by atoms with Crippen LogP contribution in [0.2, 0.25) is 5.02 Å². The number of carboxylic acid groups (broad SMARTS) is 1. The van der Waals surface area contributed by atoms with Crippen molar-refractivity contribution >= 4 is 68.1 Å². The molecule has 27 heavy (non-hydrogen) atoms. The summed E-state index contributed by atoms with van der Waals surface area (Å²) in [6.07, 6.45) is 0. The molecule has 0 amide bonds. The molecule has 3 rings (SSSR count). The SMILES string of the molecule is O=C(O)c1ccc(S(=O)(=O)n2c(=O)[nH]c3cc(Cl)ccc3c2=O)cc1O.[NaH]. The van der Waals surface area contributed by atoms with Gasteiger partial charge in [0.05, 0.1) is 15.8 Å². The van der Waals surface area contributed by atoms with Gasteiger partial charge < -0.3 is 15.2 Å². The Balaban J connectivity index is 0.00000261. The molecular formula is C15H10ClN2NaO7S. The van der Waals surface area contributed by atoms with E-state index in [-0.39, 0.29) is 49.5 Å². The summed E-state index contributed by atoms with van der Waals surface area (Å²) in [7, 11) is -4.69. The van der Waals surface area contributed by atoms with Crippen LogP contribution in [-0.4, -0.2) is 63.1 Å². The average Bonchev–Trinajstić information content (AvgIpc) is 2.53. The van der Waals surface area contributed by atoms with Crippen molar-refractivity contribution in [3.05, 3.63) is 67.8 Å². The average molecular weight is 421 g/mol. The molecule has 0 aliphatic rings. The van der Waals surface area contributed by atoms with E-state index in [1.54, 1.807) is 0 Å². The molecule has 0 unspecified atom stereocenters. The number of phenols is 1. The number of halogens is 1. The van der Waals surface area contributed by atoms with Gasteiger partial charge in [-0.2, -0.15) is 0 Å².